The molecule has 53 heavy (non-hydrogen) atoms. The third kappa shape index (κ3) is 7.12. The highest BCUT2D eigenvalue weighted by molar-refractivity contribution is 7.27. The number of imidazole rings is 2. The highest BCUT2D eigenvalue weighted by Gasteiger charge is 2.39. The molecule has 4 amide bonds. The molecule has 278 valence electrons. The summed E-state index contributed by atoms with van der Waals surface area (Å²) in [5.74, 6) is 0.930. The minimum Gasteiger partial charge on any atom is -0.453 e. The number of carbonyl (C=O) groups is 4. The van der Waals surface area contributed by atoms with Gasteiger partial charge in [0.05, 0.1) is 59.5 Å². The molecule has 2 saturated heterocycles. The van der Waals surface area contributed by atoms with Crippen LogP contribution in [0.25, 0.3) is 31.9 Å². The standard InChI is InChI=1S/C37H42N8O6S2/c1-20(2)28(42-36(48)50-3)34(46)44-14-8-12-26(44)32-38-16-24(40-32)22-18-52-31-23(19-53-30(22)31)25-17-39-33(41-25)27-13-9-15-45(27)35(47)29(43-37(49)51-4)21-10-6-5-7-11-21/h5-7,10-11,16-20,26-29H,8-9,12-15H2,1-4H3,(H,38,40)(H,39,41)(H,42,48)(H,43,49)/t26-,27?,28-,29+/m0/s1. The van der Waals surface area contributed by atoms with Gasteiger partial charge in [0, 0.05) is 35.0 Å². The van der Waals surface area contributed by atoms with Gasteiger partial charge in [0.25, 0.3) is 5.91 Å². The highest BCUT2D eigenvalue weighted by atomic mass is 32.1. The number of likely N-dealkylation sites (tertiary alicyclic amines) is 2. The van der Waals surface area contributed by atoms with Gasteiger partial charge < -0.3 is 39.9 Å². The number of fused-ring (bicyclic) bond motifs is 1. The Labute approximate surface area is 314 Å². The Bertz CT molecular complexity index is 2100. The second-order valence-electron chi connectivity index (χ2n) is 13.5. The van der Waals surface area contributed by atoms with E-state index >= 15 is 0 Å². The number of rotatable bonds is 10. The zero-order valence-corrected chi connectivity index (χ0v) is 31.5. The van der Waals surface area contributed by atoms with Crippen LogP contribution in [0.15, 0.2) is 53.5 Å². The lowest BCUT2D eigenvalue weighted by atomic mass is 10.0. The van der Waals surface area contributed by atoms with E-state index in [4.69, 9.17) is 19.4 Å². The number of methoxy groups -OCH3 is 2. The molecule has 4 N–H and O–H groups in total. The number of alkyl carbamates (subject to hydrolysis) is 2. The largest absolute Gasteiger partial charge is 0.453 e. The fraction of sp³-hybridized carbons (Fsp3) is 0.405. The van der Waals surface area contributed by atoms with Gasteiger partial charge in [0.1, 0.15) is 23.7 Å². The third-order valence-corrected chi connectivity index (χ3v) is 12.1. The number of nitrogens with one attached hydrogen (secondary N) is 4. The molecule has 6 heterocycles. The number of aromatic nitrogens is 4. The number of H-pyrrole nitrogens is 2. The molecule has 2 aliphatic heterocycles. The first-order valence-electron chi connectivity index (χ1n) is 17.6. The molecule has 0 spiro atoms. The second-order valence-corrected chi connectivity index (χ2v) is 15.3. The summed E-state index contributed by atoms with van der Waals surface area (Å²) in [6, 6.07) is 7.07. The van der Waals surface area contributed by atoms with Crippen molar-refractivity contribution in [3.63, 3.8) is 0 Å². The molecule has 7 rings (SSSR count). The van der Waals surface area contributed by atoms with Crippen LogP contribution < -0.4 is 10.6 Å². The van der Waals surface area contributed by atoms with Crippen molar-refractivity contribution >= 4 is 56.1 Å². The van der Waals surface area contributed by atoms with Crippen LogP contribution in [0.5, 0.6) is 0 Å². The van der Waals surface area contributed by atoms with Crippen LogP contribution in [0.1, 0.15) is 74.9 Å². The van der Waals surface area contributed by atoms with Crippen LogP contribution >= 0.6 is 22.7 Å². The maximum Gasteiger partial charge on any atom is 0.407 e. The van der Waals surface area contributed by atoms with Crippen molar-refractivity contribution in [2.75, 3.05) is 27.3 Å². The van der Waals surface area contributed by atoms with Gasteiger partial charge in [-0.05, 0) is 37.2 Å². The Hall–Kier alpha value is -5.22. The van der Waals surface area contributed by atoms with E-state index in [2.05, 4.69) is 31.4 Å². The van der Waals surface area contributed by atoms with Gasteiger partial charge in [-0.15, -0.1) is 22.7 Å². The number of thiophene rings is 2. The summed E-state index contributed by atoms with van der Waals surface area (Å²) >= 11 is 3.27. The molecule has 5 aromatic rings. The SMILES string of the molecule is COC(=O)N[C@H](C(=O)N1CCC[C@H]1c1ncc(-c2csc3c(-c4cnc(C5CCCN5C(=O)[C@H](NC(=O)OC)c5ccccc5)[nH]4)csc23)[nH]1)C(C)C. The Morgan fingerprint density at radius 2 is 1.28 bits per heavy atom. The van der Waals surface area contributed by atoms with Crippen molar-refractivity contribution in [1.82, 2.24) is 40.4 Å². The van der Waals surface area contributed by atoms with Gasteiger partial charge >= 0.3 is 12.2 Å². The van der Waals surface area contributed by atoms with Crippen LogP contribution in [-0.2, 0) is 19.1 Å². The van der Waals surface area contributed by atoms with E-state index < -0.39 is 24.3 Å². The Morgan fingerprint density at radius 3 is 1.79 bits per heavy atom. The lowest BCUT2D eigenvalue weighted by Gasteiger charge is -2.30. The molecule has 14 nitrogen and oxygen atoms in total. The molecule has 4 aromatic heterocycles. The molecular weight excluding hydrogens is 717 g/mol. The Balaban J connectivity index is 1.09. The molecule has 2 fully saturated rings. The van der Waals surface area contributed by atoms with Crippen LogP contribution in [0.2, 0.25) is 0 Å². The van der Waals surface area contributed by atoms with Crippen LogP contribution in [-0.4, -0.2) is 87.1 Å². The van der Waals surface area contributed by atoms with E-state index in [9.17, 15) is 19.2 Å². The van der Waals surface area contributed by atoms with Gasteiger partial charge in [-0.3, -0.25) is 9.59 Å². The van der Waals surface area contributed by atoms with Crippen molar-refractivity contribution in [3.8, 4) is 22.5 Å². The predicted octanol–water partition coefficient (Wildman–Crippen LogP) is 6.55. The van der Waals surface area contributed by atoms with Crippen LogP contribution in [0.3, 0.4) is 0 Å². The Morgan fingerprint density at radius 1 is 0.774 bits per heavy atom. The fourth-order valence-corrected chi connectivity index (χ4v) is 9.69. The molecule has 2 aliphatic rings. The summed E-state index contributed by atoms with van der Waals surface area (Å²) in [6.45, 7) is 4.92. The maximum atomic E-state index is 13.9. The normalized spacial score (nSPS) is 18.4. The molecule has 0 bridgehead atoms. The van der Waals surface area contributed by atoms with Gasteiger partial charge in [-0.25, -0.2) is 19.6 Å². The first-order chi connectivity index (χ1) is 25.7. The lowest BCUT2D eigenvalue weighted by molar-refractivity contribution is -0.135. The number of aromatic amines is 2. The summed E-state index contributed by atoms with van der Waals surface area (Å²) in [5, 5.41) is 9.64. The first-order valence-corrected chi connectivity index (χ1v) is 19.4. The smallest absolute Gasteiger partial charge is 0.407 e. The first kappa shape index (κ1) is 36.2. The van der Waals surface area contributed by atoms with E-state index in [1.807, 2.05) is 61.5 Å². The third-order valence-electron chi connectivity index (χ3n) is 9.98. The average molecular weight is 759 g/mol. The fourth-order valence-electron chi connectivity index (χ4n) is 7.26. The number of ether oxygens (including phenoxy) is 2. The maximum absolute atomic E-state index is 13.9. The van der Waals surface area contributed by atoms with Gasteiger partial charge in [-0.2, -0.15) is 0 Å². The van der Waals surface area contributed by atoms with Crippen molar-refractivity contribution in [2.24, 2.45) is 5.92 Å². The lowest BCUT2D eigenvalue weighted by Crippen LogP contribution is -2.51. The van der Waals surface area contributed by atoms with Gasteiger partial charge in [0.2, 0.25) is 5.91 Å². The quantitative estimate of drug-likeness (QED) is 0.124. The number of nitrogens with zero attached hydrogens (tertiary/aromatic N) is 4. The summed E-state index contributed by atoms with van der Waals surface area (Å²) in [6.07, 6.45) is 5.49. The molecule has 4 atom stereocenters. The van der Waals surface area contributed by atoms with E-state index in [1.54, 1.807) is 27.6 Å². The number of amides is 4. The highest BCUT2D eigenvalue weighted by Crippen LogP contribution is 2.44. The van der Waals surface area contributed by atoms with E-state index in [0.29, 0.717) is 30.3 Å². The van der Waals surface area contributed by atoms with Crippen molar-refractivity contribution in [2.45, 2.75) is 63.7 Å². The molecule has 16 heteroatoms. The number of hydrogen-bond acceptors (Lipinski definition) is 10. The monoisotopic (exact) mass is 758 g/mol. The second kappa shape index (κ2) is 15.4. The Kier molecular flexibility index (Phi) is 10.5. The summed E-state index contributed by atoms with van der Waals surface area (Å²) < 4.78 is 11.8. The number of hydrogen-bond donors (Lipinski definition) is 4. The predicted molar refractivity (Wildman–Crippen MR) is 201 cm³/mol. The molecule has 1 aromatic carbocycles. The molecular formula is C37H42N8O6S2. The molecule has 0 saturated carbocycles. The van der Waals surface area contributed by atoms with Crippen LogP contribution in [0.4, 0.5) is 9.59 Å². The van der Waals surface area contributed by atoms with Gasteiger partial charge in [-0.1, -0.05) is 44.2 Å². The summed E-state index contributed by atoms with van der Waals surface area (Å²) in [5.41, 5.74) is 4.45. The number of benzene rings is 1. The van der Waals surface area contributed by atoms with E-state index in [-0.39, 0.29) is 29.8 Å². The zero-order chi connectivity index (χ0) is 37.2. The minimum absolute atomic E-state index is 0.116. The molecule has 0 aliphatic carbocycles. The van der Waals surface area contributed by atoms with Crippen molar-refractivity contribution in [1.29, 1.82) is 0 Å². The average Bonchev–Trinajstić information content (AvgIpc) is 4.01. The number of carbonyl (C=O) groups excluding carboxylic acids is 4. The van der Waals surface area contributed by atoms with Crippen molar-refractivity contribution < 1.29 is 28.7 Å². The summed E-state index contributed by atoms with van der Waals surface area (Å²) in [4.78, 5) is 71.8. The zero-order valence-electron chi connectivity index (χ0n) is 29.9. The van der Waals surface area contributed by atoms with E-state index in [1.165, 1.54) is 14.2 Å². The van der Waals surface area contributed by atoms with Crippen molar-refractivity contribution in [3.05, 3.63) is 70.7 Å². The topological polar surface area (TPSA) is 175 Å². The van der Waals surface area contributed by atoms with Gasteiger partial charge in [0.15, 0.2) is 0 Å². The van der Waals surface area contributed by atoms with E-state index in [0.717, 1.165) is 57.6 Å². The molecule has 1 unspecified atom stereocenters. The molecule has 0 radical (unpaired) electrons. The van der Waals surface area contributed by atoms with Crippen LogP contribution in [0, 0.1) is 5.92 Å². The minimum atomic E-state index is -0.888. The summed E-state index contributed by atoms with van der Waals surface area (Å²) in [7, 11) is 2.57.